The molecule has 0 bridgehead atoms. The summed E-state index contributed by atoms with van der Waals surface area (Å²) in [7, 11) is 0. The first kappa shape index (κ1) is 15.3. The predicted octanol–water partition coefficient (Wildman–Crippen LogP) is 0.146. The van der Waals surface area contributed by atoms with Crippen molar-refractivity contribution in [3.63, 3.8) is 0 Å². The third kappa shape index (κ3) is 4.44. The molecule has 0 aliphatic carbocycles. The minimum Gasteiger partial charge on any atom is -0.482 e. The van der Waals surface area contributed by atoms with E-state index < -0.39 is 0 Å². The van der Waals surface area contributed by atoms with E-state index >= 15 is 0 Å². The molecule has 1 heterocycles. The van der Waals surface area contributed by atoms with Gasteiger partial charge in [-0.2, -0.15) is 0 Å². The van der Waals surface area contributed by atoms with Crippen LogP contribution in [0.1, 0.15) is 16.8 Å². The van der Waals surface area contributed by atoms with Gasteiger partial charge in [-0.25, -0.2) is 0 Å². The molecule has 2 rings (SSSR count). The van der Waals surface area contributed by atoms with E-state index in [0.717, 1.165) is 0 Å². The van der Waals surface area contributed by atoms with Crippen molar-refractivity contribution in [1.82, 2.24) is 5.32 Å². The molecule has 21 heavy (non-hydrogen) atoms. The Morgan fingerprint density at radius 3 is 3.10 bits per heavy atom. The SMILES string of the molecule is O=C1COc2cc(C(=O)NCCCOCCO)ccc2N1. The van der Waals surface area contributed by atoms with Crippen LogP contribution < -0.4 is 15.4 Å². The number of rotatable bonds is 7. The van der Waals surface area contributed by atoms with Gasteiger partial charge in [0.1, 0.15) is 5.75 Å². The van der Waals surface area contributed by atoms with Crippen LogP contribution in [0.2, 0.25) is 0 Å². The van der Waals surface area contributed by atoms with Crippen molar-refractivity contribution in [1.29, 1.82) is 0 Å². The molecule has 1 aliphatic heterocycles. The number of aliphatic hydroxyl groups excluding tert-OH is 1. The third-order valence-corrected chi connectivity index (χ3v) is 2.86. The number of carbonyl (C=O) groups excluding carboxylic acids is 2. The highest BCUT2D eigenvalue weighted by molar-refractivity contribution is 5.98. The van der Waals surface area contributed by atoms with E-state index in [1.54, 1.807) is 18.2 Å². The van der Waals surface area contributed by atoms with Crippen LogP contribution in [0.3, 0.4) is 0 Å². The van der Waals surface area contributed by atoms with Crippen LogP contribution in [-0.4, -0.2) is 49.9 Å². The van der Waals surface area contributed by atoms with Crippen LogP contribution in [0.25, 0.3) is 0 Å². The van der Waals surface area contributed by atoms with Crippen molar-refractivity contribution in [3.05, 3.63) is 23.8 Å². The van der Waals surface area contributed by atoms with Gasteiger partial charge in [0, 0.05) is 18.7 Å². The third-order valence-electron chi connectivity index (χ3n) is 2.86. The second-order valence-corrected chi connectivity index (χ2v) is 4.49. The van der Waals surface area contributed by atoms with Crippen LogP contribution >= 0.6 is 0 Å². The highest BCUT2D eigenvalue weighted by atomic mass is 16.5. The second kappa shape index (κ2) is 7.61. The molecule has 0 unspecified atom stereocenters. The van der Waals surface area contributed by atoms with Crippen LogP contribution in [0, 0.1) is 0 Å². The number of benzene rings is 1. The van der Waals surface area contributed by atoms with Gasteiger partial charge in [-0.3, -0.25) is 9.59 Å². The molecule has 1 aromatic rings. The Morgan fingerprint density at radius 2 is 2.29 bits per heavy atom. The monoisotopic (exact) mass is 294 g/mol. The summed E-state index contributed by atoms with van der Waals surface area (Å²) in [5, 5.41) is 14.0. The number of ether oxygens (including phenoxy) is 2. The summed E-state index contributed by atoms with van der Waals surface area (Å²) in [6, 6.07) is 4.88. The van der Waals surface area contributed by atoms with Crippen LogP contribution in [0.15, 0.2) is 18.2 Å². The predicted molar refractivity (Wildman–Crippen MR) is 75.4 cm³/mol. The number of fused-ring (bicyclic) bond motifs is 1. The fourth-order valence-corrected chi connectivity index (χ4v) is 1.86. The van der Waals surface area contributed by atoms with Gasteiger partial charge >= 0.3 is 0 Å². The van der Waals surface area contributed by atoms with Crippen LogP contribution in [0.5, 0.6) is 5.75 Å². The number of nitrogens with one attached hydrogen (secondary N) is 2. The number of carbonyl (C=O) groups is 2. The lowest BCUT2D eigenvalue weighted by molar-refractivity contribution is -0.118. The molecule has 0 radical (unpaired) electrons. The molecule has 0 saturated carbocycles. The standard InChI is InChI=1S/C14H18N2O5/c17-5-7-20-6-1-4-15-14(19)10-2-3-11-12(8-10)21-9-13(18)16-11/h2-3,8,17H,1,4-7,9H2,(H,15,19)(H,16,18). The van der Waals surface area contributed by atoms with Crippen LogP contribution in [-0.2, 0) is 9.53 Å². The Kier molecular flexibility index (Phi) is 5.53. The summed E-state index contributed by atoms with van der Waals surface area (Å²) < 4.78 is 10.4. The van der Waals surface area contributed by atoms with Crippen molar-refractivity contribution >= 4 is 17.5 Å². The topological polar surface area (TPSA) is 96.9 Å². The van der Waals surface area contributed by atoms with E-state index in [-0.39, 0.29) is 25.0 Å². The normalized spacial score (nSPS) is 13.1. The molecule has 1 aliphatic rings. The number of hydrogen-bond acceptors (Lipinski definition) is 5. The van der Waals surface area contributed by atoms with E-state index in [2.05, 4.69) is 10.6 Å². The van der Waals surface area contributed by atoms with E-state index in [4.69, 9.17) is 14.6 Å². The summed E-state index contributed by atoms with van der Waals surface area (Å²) in [4.78, 5) is 23.1. The van der Waals surface area contributed by atoms with Gasteiger partial charge < -0.3 is 25.2 Å². The first-order valence-corrected chi connectivity index (χ1v) is 6.74. The van der Waals surface area contributed by atoms with Crippen LogP contribution in [0.4, 0.5) is 5.69 Å². The fourth-order valence-electron chi connectivity index (χ4n) is 1.86. The number of anilines is 1. The molecule has 0 aromatic heterocycles. The molecular formula is C14H18N2O5. The molecule has 7 nitrogen and oxygen atoms in total. The average molecular weight is 294 g/mol. The Bertz CT molecular complexity index is 518. The lowest BCUT2D eigenvalue weighted by Crippen LogP contribution is -2.27. The summed E-state index contributed by atoms with van der Waals surface area (Å²) in [5.74, 6) is 0.0802. The van der Waals surface area contributed by atoms with Gasteiger partial charge in [0.25, 0.3) is 11.8 Å². The molecule has 0 fully saturated rings. The first-order valence-electron chi connectivity index (χ1n) is 6.74. The Hall–Kier alpha value is -2.12. The van der Waals surface area contributed by atoms with Gasteiger partial charge in [0.2, 0.25) is 0 Å². The van der Waals surface area contributed by atoms with Crippen molar-refractivity contribution in [2.45, 2.75) is 6.42 Å². The van der Waals surface area contributed by atoms with Gasteiger partial charge in [-0.1, -0.05) is 0 Å². The number of aliphatic hydroxyl groups is 1. The minimum absolute atomic E-state index is 0.00196. The van der Waals surface area contributed by atoms with E-state index in [0.29, 0.717) is 43.2 Å². The zero-order chi connectivity index (χ0) is 15.1. The molecule has 3 N–H and O–H groups in total. The Labute approximate surface area is 122 Å². The largest absolute Gasteiger partial charge is 0.482 e. The lowest BCUT2D eigenvalue weighted by atomic mass is 10.1. The zero-order valence-corrected chi connectivity index (χ0v) is 11.6. The fraction of sp³-hybridized carbons (Fsp3) is 0.429. The van der Waals surface area contributed by atoms with E-state index in [9.17, 15) is 9.59 Å². The van der Waals surface area contributed by atoms with Gasteiger partial charge in [-0.05, 0) is 24.6 Å². The summed E-state index contributed by atoms with van der Waals surface area (Å²) in [6.45, 7) is 1.24. The molecule has 2 amide bonds. The highest BCUT2D eigenvalue weighted by Gasteiger charge is 2.17. The first-order chi connectivity index (χ1) is 10.2. The van der Waals surface area contributed by atoms with Crippen molar-refractivity contribution < 1.29 is 24.2 Å². The highest BCUT2D eigenvalue weighted by Crippen LogP contribution is 2.28. The number of hydrogen-bond donors (Lipinski definition) is 3. The smallest absolute Gasteiger partial charge is 0.262 e. The van der Waals surface area contributed by atoms with Crippen molar-refractivity contribution in [2.75, 3.05) is 38.3 Å². The molecule has 1 aromatic carbocycles. The molecule has 7 heteroatoms. The maximum atomic E-state index is 11.9. The zero-order valence-electron chi connectivity index (χ0n) is 11.6. The van der Waals surface area contributed by atoms with Gasteiger partial charge in [0.15, 0.2) is 6.61 Å². The molecule has 0 saturated heterocycles. The maximum absolute atomic E-state index is 11.9. The van der Waals surface area contributed by atoms with E-state index in [1.807, 2.05) is 0 Å². The lowest BCUT2D eigenvalue weighted by Gasteiger charge is -2.18. The second-order valence-electron chi connectivity index (χ2n) is 4.49. The van der Waals surface area contributed by atoms with E-state index in [1.165, 1.54) is 0 Å². The van der Waals surface area contributed by atoms with Gasteiger partial charge in [-0.15, -0.1) is 0 Å². The molecular weight excluding hydrogens is 276 g/mol. The minimum atomic E-state index is -0.208. The maximum Gasteiger partial charge on any atom is 0.262 e. The Balaban J connectivity index is 1.81. The van der Waals surface area contributed by atoms with Crippen molar-refractivity contribution in [2.24, 2.45) is 0 Å². The molecule has 0 spiro atoms. The van der Waals surface area contributed by atoms with Crippen molar-refractivity contribution in [3.8, 4) is 5.75 Å². The van der Waals surface area contributed by atoms with Gasteiger partial charge in [0.05, 0.1) is 18.9 Å². The summed E-state index contributed by atoms with van der Waals surface area (Å²) in [6.07, 6.45) is 0.670. The quantitative estimate of drug-likeness (QED) is 0.622. The molecule has 114 valence electrons. The molecule has 0 atom stereocenters. The summed E-state index contributed by atoms with van der Waals surface area (Å²) in [5.41, 5.74) is 1.04. The Morgan fingerprint density at radius 1 is 1.43 bits per heavy atom. The number of amides is 2. The average Bonchev–Trinajstić information content (AvgIpc) is 2.50. The summed E-state index contributed by atoms with van der Waals surface area (Å²) >= 11 is 0.